The molecule has 0 aromatic heterocycles. The first-order valence-corrected chi connectivity index (χ1v) is 3.57. The van der Waals surface area contributed by atoms with Gasteiger partial charge < -0.3 is 9.84 Å². The summed E-state index contributed by atoms with van der Waals surface area (Å²) in [5, 5.41) is 9.59. The Morgan fingerprint density at radius 2 is 2.44 bits per heavy atom. The Hall–Kier alpha value is -0.0800. The molecule has 1 heterocycles. The van der Waals surface area contributed by atoms with Gasteiger partial charge in [0.2, 0.25) is 0 Å². The topological polar surface area (TPSA) is 29.5 Å². The van der Waals surface area contributed by atoms with Crippen LogP contribution in [0.15, 0.2) is 0 Å². The summed E-state index contributed by atoms with van der Waals surface area (Å²) < 4.78 is 5.28. The van der Waals surface area contributed by atoms with E-state index in [-0.39, 0.29) is 6.10 Å². The highest BCUT2D eigenvalue weighted by Gasteiger charge is 2.59. The van der Waals surface area contributed by atoms with Crippen molar-refractivity contribution in [1.29, 1.82) is 0 Å². The normalized spacial score (nSPS) is 56.7. The summed E-state index contributed by atoms with van der Waals surface area (Å²) in [5.41, 5.74) is -0.418. The summed E-state index contributed by atoms with van der Waals surface area (Å²) in [6.45, 7) is 2.94. The van der Waals surface area contributed by atoms with Gasteiger partial charge in [-0.1, -0.05) is 6.92 Å². The first-order chi connectivity index (χ1) is 4.23. The molecule has 2 fully saturated rings. The minimum atomic E-state index is -0.418. The lowest BCUT2D eigenvalue weighted by Crippen LogP contribution is -2.30. The van der Waals surface area contributed by atoms with E-state index in [0.29, 0.717) is 5.92 Å². The molecule has 0 aromatic rings. The zero-order valence-electron chi connectivity index (χ0n) is 5.63. The Balaban J connectivity index is 2.10. The maximum absolute atomic E-state index is 9.59. The molecule has 1 aliphatic heterocycles. The second kappa shape index (κ2) is 1.50. The molecule has 52 valence electrons. The molecule has 0 amide bonds. The Kier molecular flexibility index (Phi) is 0.945. The van der Waals surface area contributed by atoms with Crippen LogP contribution < -0.4 is 0 Å². The van der Waals surface area contributed by atoms with Gasteiger partial charge in [0.25, 0.3) is 0 Å². The van der Waals surface area contributed by atoms with Gasteiger partial charge >= 0.3 is 0 Å². The fraction of sp³-hybridized carbons (Fsp3) is 1.00. The Bertz CT molecular complexity index is 135. The number of aliphatic hydroxyl groups is 1. The number of fused-ring (bicyclic) bond motifs is 1. The van der Waals surface area contributed by atoms with Gasteiger partial charge in [0, 0.05) is 13.0 Å². The monoisotopic (exact) mass is 128 g/mol. The molecule has 0 unspecified atom stereocenters. The van der Waals surface area contributed by atoms with Crippen LogP contribution in [-0.2, 0) is 4.74 Å². The lowest BCUT2D eigenvalue weighted by atomic mass is 9.98. The predicted octanol–water partition coefficient (Wildman–Crippen LogP) is 0.546. The second-order valence-electron chi connectivity index (χ2n) is 3.24. The Morgan fingerprint density at radius 3 is 3.00 bits per heavy atom. The zero-order valence-corrected chi connectivity index (χ0v) is 5.63. The second-order valence-corrected chi connectivity index (χ2v) is 3.24. The predicted molar refractivity (Wildman–Crippen MR) is 33.1 cm³/mol. The van der Waals surface area contributed by atoms with Crippen LogP contribution in [0.25, 0.3) is 0 Å². The lowest BCUT2D eigenvalue weighted by molar-refractivity contribution is -0.0423. The van der Waals surface area contributed by atoms with E-state index in [1.807, 2.05) is 0 Å². The van der Waals surface area contributed by atoms with Crippen LogP contribution in [0.1, 0.15) is 19.8 Å². The fourth-order valence-corrected chi connectivity index (χ4v) is 1.60. The maximum Gasteiger partial charge on any atom is 0.0961 e. The van der Waals surface area contributed by atoms with E-state index < -0.39 is 5.60 Å². The Morgan fingerprint density at radius 1 is 1.67 bits per heavy atom. The largest absolute Gasteiger partial charge is 0.387 e. The average Bonchev–Trinajstić information content (AvgIpc) is 2.44. The minimum absolute atomic E-state index is 0.182. The van der Waals surface area contributed by atoms with Crippen molar-refractivity contribution in [3.05, 3.63) is 0 Å². The molecule has 2 aliphatic rings. The van der Waals surface area contributed by atoms with Crippen LogP contribution in [0.5, 0.6) is 0 Å². The van der Waals surface area contributed by atoms with Gasteiger partial charge in [0.1, 0.15) is 0 Å². The quantitative estimate of drug-likeness (QED) is 0.516. The highest BCUT2D eigenvalue weighted by Crippen LogP contribution is 2.49. The SMILES string of the molecule is C[C@@H]1CCO[C@@H]2C[C@]12O. The summed E-state index contributed by atoms with van der Waals surface area (Å²) in [5.74, 6) is 0.455. The van der Waals surface area contributed by atoms with Crippen molar-refractivity contribution in [1.82, 2.24) is 0 Å². The minimum Gasteiger partial charge on any atom is -0.387 e. The number of ether oxygens (including phenoxy) is 1. The molecule has 2 heteroatoms. The molecule has 9 heavy (non-hydrogen) atoms. The standard InChI is InChI=1S/C7H12O2/c1-5-2-3-9-6-4-7(5,6)8/h5-6,8H,2-4H2,1H3/t5-,6-,7+/m1/s1. The highest BCUT2D eigenvalue weighted by atomic mass is 16.5. The smallest absolute Gasteiger partial charge is 0.0961 e. The van der Waals surface area contributed by atoms with Crippen molar-refractivity contribution in [3.63, 3.8) is 0 Å². The number of hydrogen-bond donors (Lipinski definition) is 1. The van der Waals surface area contributed by atoms with Gasteiger partial charge in [-0.05, 0) is 12.3 Å². The molecular weight excluding hydrogens is 116 g/mol. The third-order valence-corrected chi connectivity index (χ3v) is 2.63. The van der Waals surface area contributed by atoms with Crippen LogP contribution >= 0.6 is 0 Å². The molecule has 1 aliphatic carbocycles. The molecule has 0 bridgehead atoms. The van der Waals surface area contributed by atoms with Crippen LogP contribution in [-0.4, -0.2) is 23.4 Å². The van der Waals surface area contributed by atoms with E-state index in [1.165, 1.54) is 0 Å². The molecule has 0 radical (unpaired) electrons. The van der Waals surface area contributed by atoms with Crippen LogP contribution in [0, 0.1) is 5.92 Å². The molecule has 0 spiro atoms. The van der Waals surface area contributed by atoms with Crippen molar-refractivity contribution in [2.45, 2.75) is 31.5 Å². The van der Waals surface area contributed by atoms with Gasteiger partial charge in [-0.3, -0.25) is 0 Å². The highest BCUT2D eigenvalue weighted by molar-refractivity contribution is 5.10. The van der Waals surface area contributed by atoms with E-state index >= 15 is 0 Å². The molecule has 3 atom stereocenters. The van der Waals surface area contributed by atoms with Crippen molar-refractivity contribution in [3.8, 4) is 0 Å². The van der Waals surface area contributed by atoms with E-state index in [2.05, 4.69) is 6.92 Å². The summed E-state index contributed by atoms with van der Waals surface area (Å²) in [7, 11) is 0. The molecular formula is C7H12O2. The van der Waals surface area contributed by atoms with Gasteiger partial charge in [-0.25, -0.2) is 0 Å². The van der Waals surface area contributed by atoms with E-state index in [1.54, 1.807) is 0 Å². The van der Waals surface area contributed by atoms with Crippen LogP contribution in [0.4, 0.5) is 0 Å². The third kappa shape index (κ3) is 0.634. The molecule has 0 aromatic carbocycles. The van der Waals surface area contributed by atoms with E-state index in [9.17, 15) is 5.11 Å². The zero-order chi connectivity index (χ0) is 6.48. The van der Waals surface area contributed by atoms with E-state index in [0.717, 1.165) is 19.4 Å². The van der Waals surface area contributed by atoms with E-state index in [4.69, 9.17) is 4.74 Å². The molecule has 1 saturated carbocycles. The van der Waals surface area contributed by atoms with Gasteiger partial charge in [-0.15, -0.1) is 0 Å². The van der Waals surface area contributed by atoms with Gasteiger partial charge in [-0.2, -0.15) is 0 Å². The number of rotatable bonds is 0. The van der Waals surface area contributed by atoms with Crippen molar-refractivity contribution >= 4 is 0 Å². The summed E-state index contributed by atoms with van der Waals surface area (Å²) in [6, 6.07) is 0. The number of hydrogen-bond acceptors (Lipinski definition) is 2. The van der Waals surface area contributed by atoms with Crippen LogP contribution in [0.3, 0.4) is 0 Å². The van der Waals surface area contributed by atoms with Crippen molar-refractivity contribution in [2.75, 3.05) is 6.61 Å². The first-order valence-electron chi connectivity index (χ1n) is 3.57. The first kappa shape index (κ1) is 5.69. The molecule has 1 saturated heterocycles. The third-order valence-electron chi connectivity index (χ3n) is 2.63. The summed E-state index contributed by atoms with van der Waals surface area (Å²) >= 11 is 0. The lowest BCUT2D eigenvalue weighted by Gasteiger charge is -2.23. The van der Waals surface area contributed by atoms with Crippen LogP contribution in [0.2, 0.25) is 0 Å². The van der Waals surface area contributed by atoms with Crippen molar-refractivity contribution in [2.24, 2.45) is 5.92 Å². The maximum atomic E-state index is 9.59. The fourth-order valence-electron chi connectivity index (χ4n) is 1.60. The molecule has 2 rings (SSSR count). The molecule has 1 N–H and O–H groups in total. The van der Waals surface area contributed by atoms with Crippen molar-refractivity contribution < 1.29 is 9.84 Å². The average molecular weight is 128 g/mol. The summed E-state index contributed by atoms with van der Waals surface area (Å²) in [4.78, 5) is 0. The summed E-state index contributed by atoms with van der Waals surface area (Å²) in [6.07, 6.45) is 2.07. The Labute approximate surface area is 54.8 Å². The van der Waals surface area contributed by atoms with Gasteiger partial charge in [0.15, 0.2) is 0 Å². The van der Waals surface area contributed by atoms with Gasteiger partial charge in [0.05, 0.1) is 11.7 Å². The molecule has 2 nitrogen and oxygen atoms in total.